The van der Waals surface area contributed by atoms with Crippen LogP contribution in [0.4, 0.5) is 14.5 Å². The highest BCUT2D eigenvalue weighted by atomic mass is 19.3. The summed E-state index contributed by atoms with van der Waals surface area (Å²) in [5.74, 6) is -0.00875. The molecule has 0 aliphatic rings. The van der Waals surface area contributed by atoms with E-state index >= 15 is 0 Å². The zero-order chi connectivity index (χ0) is 17.7. The van der Waals surface area contributed by atoms with Crippen LogP contribution in [0, 0.1) is 10.1 Å². The van der Waals surface area contributed by atoms with Gasteiger partial charge in [0.1, 0.15) is 11.5 Å². The number of esters is 1. The highest BCUT2D eigenvalue weighted by molar-refractivity contribution is 5.69. The molecule has 2 aromatic rings. The molecule has 24 heavy (non-hydrogen) atoms. The van der Waals surface area contributed by atoms with Gasteiger partial charge in [0, 0.05) is 30.4 Å². The SMILES string of the molecule is CCOC(=O)CCc1nccn1-c1ccc(C(F)F)cc1[N+](=O)[O-]. The van der Waals surface area contributed by atoms with Gasteiger partial charge in [-0.1, -0.05) is 6.07 Å². The number of carbonyl (C=O) groups is 1. The molecule has 0 fully saturated rings. The van der Waals surface area contributed by atoms with E-state index in [-0.39, 0.29) is 25.1 Å². The van der Waals surface area contributed by atoms with Gasteiger partial charge in [-0.15, -0.1) is 0 Å². The van der Waals surface area contributed by atoms with Crippen molar-refractivity contribution in [3.63, 3.8) is 0 Å². The number of alkyl halides is 2. The van der Waals surface area contributed by atoms with E-state index in [9.17, 15) is 23.7 Å². The zero-order valence-corrected chi connectivity index (χ0v) is 12.8. The van der Waals surface area contributed by atoms with Crippen LogP contribution >= 0.6 is 0 Å². The molecule has 0 aliphatic carbocycles. The number of nitro benzene ring substituents is 1. The zero-order valence-electron chi connectivity index (χ0n) is 12.8. The van der Waals surface area contributed by atoms with Gasteiger partial charge < -0.3 is 4.74 Å². The first-order valence-electron chi connectivity index (χ1n) is 7.18. The predicted octanol–water partition coefficient (Wildman–Crippen LogP) is 3.21. The van der Waals surface area contributed by atoms with E-state index in [0.29, 0.717) is 5.82 Å². The van der Waals surface area contributed by atoms with Gasteiger partial charge in [-0.25, -0.2) is 13.8 Å². The largest absolute Gasteiger partial charge is 0.466 e. The van der Waals surface area contributed by atoms with E-state index in [1.165, 1.54) is 23.0 Å². The first kappa shape index (κ1) is 17.5. The maximum atomic E-state index is 12.8. The molecule has 0 saturated heterocycles. The Morgan fingerprint density at radius 1 is 1.46 bits per heavy atom. The molecule has 0 aliphatic heterocycles. The smallest absolute Gasteiger partial charge is 0.306 e. The van der Waals surface area contributed by atoms with Crippen LogP contribution in [0.1, 0.15) is 31.2 Å². The molecule has 7 nitrogen and oxygen atoms in total. The number of ether oxygens (including phenoxy) is 1. The Kier molecular flexibility index (Phi) is 5.56. The standard InChI is InChI=1S/C15H15F2N3O4/c1-2-24-14(21)6-5-13-18-7-8-19(13)11-4-3-10(15(16)17)9-12(11)20(22)23/h3-4,7-9,15H,2,5-6H2,1H3. The third-order valence-corrected chi connectivity index (χ3v) is 3.28. The van der Waals surface area contributed by atoms with Crippen molar-refractivity contribution in [2.45, 2.75) is 26.2 Å². The Labute approximate surface area is 136 Å². The molecule has 0 radical (unpaired) electrons. The molecule has 128 valence electrons. The molecular formula is C15H15F2N3O4. The summed E-state index contributed by atoms with van der Waals surface area (Å²) in [5.41, 5.74) is -0.775. The predicted molar refractivity (Wildman–Crippen MR) is 80.1 cm³/mol. The van der Waals surface area contributed by atoms with Crippen LogP contribution in [0.2, 0.25) is 0 Å². The van der Waals surface area contributed by atoms with Gasteiger partial charge in [-0.2, -0.15) is 0 Å². The molecule has 1 heterocycles. The Hall–Kier alpha value is -2.84. The van der Waals surface area contributed by atoms with Crippen molar-refractivity contribution in [3.8, 4) is 5.69 Å². The lowest BCUT2D eigenvalue weighted by atomic mass is 10.1. The summed E-state index contributed by atoms with van der Waals surface area (Å²) < 4.78 is 31.7. The molecule has 2 rings (SSSR count). The molecule has 0 unspecified atom stereocenters. The second-order valence-electron chi connectivity index (χ2n) is 4.82. The van der Waals surface area contributed by atoms with Crippen LogP contribution in [0.5, 0.6) is 0 Å². The topological polar surface area (TPSA) is 87.3 Å². The lowest BCUT2D eigenvalue weighted by molar-refractivity contribution is -0.384. The van der Waals surface area contributed by atoms with Crippen molar-refractivity contribution in [2.75, 3.05) is 6.61 Å². The maximum absolute atomic E-state index is 12.8. The monoisotopic (exact) mass is 339 g/mol. The fraction of sp³-hybridized carbons (Fsp3) is 0.333. The summed E-state index contributed by atoms with van der Waals surface area (Å²) in [6, 6.07) is 3.21. The number of imidazole rings is 1. The van der Waals surface area contributed by atoms with E-state index in [1.54, 1.807) is 6.92 Å². The van der Waals surface area contributed by atoms with Crippen molar-refractivity contribution >= 4 is 11.7 Å². The van der Waals surface area contributed by atoms with E-state index in [4.69, 9.17) is 4.74 Å². The lowest BCUT2D eigenvalue weighted by Gasteiger charge is -2.10. The number of hydrogen-bond donors (Lipinski definition) is 0. The Bertz CT molecular complexity index is 746. The molecule has 1 aromatic carbocycles. The Morgan fingerprint density at radius 2 is 2.21 bits per heavy atom. The lowest BCUT2D eigenvalue weighted by Crippen LogP contribution is -2.09. The molecular weight excluding hydrogens is 324 g/mol. The van der Waals surface area contributed by atoms with Gasteiger partial charge in [0.15, 0.2) is 0 Å². The minimum atomic E-state index is -2.80. The Morgan fingerprint density at radius 3 is 2.83 bits per heavy atom. The van der Waals surface area contributed by atoms with Crippen LogP contribution in [0.25, 0.3) is 5.69 Å². The number of nitro groups is 1. The summed E-state index contributed by atoms with van der Waals surface area (Å²) in [5, 5.41) is 11.2. The van der Waals surface area contributed by atoms with Gasteiger partial charge in [0.05, 0.1) is 18.0 Å². The van der Waals surface area contributed by atoms with E-state index in [0.717, 1.165) is 12.1 Å². The molecule has 0 spiro atoms. The van der Waals surface area contributed by atoms with Crippen LogP contribution < -0.4 is 0 Å². The quantitative estimate of drug-likeness (QED) is 0.439. The van der Waals surface area contributed by atoms with Crippen molar-refractivity contribution in [1.82, 2.24) is 9.55 Å². The number of rotatable bonds is 7. The van der Waals surface area contributed by atoms with Crippen LogP contribution in [-0.2, 0) is 16.0 Å². The summed E-state index contributed by atoms with van der Waals surface area (Å²) >= 11 is 0. The minimum absolute atomic E-state index is 0.0633. The minimum Gasteiger partial charge on any atom is -0.466 e. The molecule has 0 atom stereocenters. The third-order valence-electron chi connectivity index (χ3n) is 3.28. The van der Waals surface area contributed by atoms with Gasteiger partial charge >= 0.3 is 5.97 Å². The second kappa shape index (κ2) is 7.62. The van der Waals surface area contributed by atoms with Gasteiger partial charge in [0.2, 0.25) is 0 Å². The fourth-order valence-corrected chi connectivity index (χ4v) is 2.21. The molecule has 0 bridgehead atoms. The number of benzene rings is 1. The van der Waals surface area contributed by atoms with E-state index in [1.807, 2.05) is 0 Å². The van der Waals surface area contributed by atoms with Gasteiger partial charge in [0.25, 0.3) is 12.1 Å². The first-order valence-corrected chi connectivity index (χ1v) is 7.18. The van der Waals surface area contributed by atoms with E-state index in [2.05, 4.69) is 4.98 Å². The van der Waals surface area contributed by atoms with Gasteiger partial charge in [-0.05, 0) is 13.0 Å². The van der Waals surface area contributed by atoms with E-state index < -0.39 is 28.6 Å². The van der Waals surface area contributed by atoms with Gasteiger partial charge in [-0.3, -0.25) is 19.5 Å². The normalized spacial score (nSPS) is 10.8. The number of halogens is 2. The summed E-state index contributed by atoms with van der Waals surface area (Å²) in [6.45, 7) is 1.95. The van der Waals surface area contributed by atoms with Crippen molar-refractivity contribution < 1.29 is 23.2 Å². The summed E-state index contributed by atoms with van der Waals surface area (Å²) in [7, 11) is 0. The first-order chi connectivity index (χ1) is 11.4. The number of nitrogens with zero attached hydrogens (tertiary/aromatic N) is 3. The maximum Gasteiger partial charge on any atom is 0.306 e. The second-order valence-corrected chi connectivity index (χ2v) is 4.82. The van der Waals surface area contributed by atoms with Crippen LogP contribution in [0.15, 0.2) is 30.6 Å². The van der Waals surface area contributed by atoms with Crippen molar-refractivity contribution in [2.24, 2.45) is 0 Å². The average molecular weight is 339 g/mol. The highest BCUT2D eigenvalue weighted by Gasteiger charge is 2.21. The molecule has 9 heteroatoms. The number of aryl methyl sites for hydroxylation is 1. The number of hydrogen-bond acceptors (Lipinski definition) is 5. The average Bonchev–Trinajstić information content (AvgIpc) is 3.00. The summed E-state index contributed by atoms with van der Waals surface area (Å²) in [6.07, 6.45) is 0.368. The number of carbonyl (C=O) groups excluding carboxylic acids is 1. The third kappa shape index (κ3) is 3.92. The molecule has 0 N–H and O–H groups in total. The number of aromatic nitrogens is 2. The highest BCUT2D eigenvalue weighted by Crippen LogP contribution is 2.29. The Balaban J connectivity index is 2.34. The fourth-order valence-electron chi connectivity index (χ4n) is 2.21. The molecule has 1 aromatic heterocycles. The summed E-state index contributed by atoms with van der Waals surface area (Å²) in [4.78, 5) is 26.0. The van der Waals surface area contributed by atoms with Crippen LogP contribution in [0.3, 0.4) is 0 Å². The molecule has 0 amide bonds. The molecule has 0 saturated carbocycles. The van der Waals surface area contributed by atoms with Crippen molar-refractivity contribution in [3.05, 3.63) is 52.1 Å². The van der Waals surface area contributed by atoms with Crippen LogP contribution in [-0.4, -0.2) is 27.1 Å². The van der Waals surface area contributed by atoms with Crippen molar-refractivity contribution in [1.29, 1.82) is 0 Å².